The normalized spacial score (nSPS) is 10.2. The van der Waals surface area contributed by atoms with E-state index in [0.717, 1.165) is 11.4 Å². The van der Waals surface area contributed by atoms with Crippen molar-refractivity contribution in [3.63, 3.8) is 0 Å². The standard InChI is InChI=1S/C16H18N2/c1-12-8-4-6-10-15(12)18(14(3)17)16-11-7-5-9-13(16)2/h4-11,17H,1-3H3. The van der Waals surface area contributed by atoms with E-state index in [1.165, 1.54) is 11.1 Å². The lowest BCUT2D eigenvalue weighted by molar-refractivity contribution is 1.23. The lowest BCUT2D eigenvalue weighted by Gasteiger charge is -2.26. The predicted molar refractivity (Wildman–Crippen MR) is 77.9 cm³/mol. The van der Waals surface area contributed by atoms with Crippen molar-refractivity contribution < 1.29 is 0 Å². The third-order valence-electron chi connectivity index (χ3n) is 3.05. The van der Waals surface area contributed by atoms with E-state index in [2.05, 4.69) is 38.1 Å². The molecule has 1 N–H and O–H groups in total. The van der Waals surface area contributed by atoms with Crippen molar-refractivity contribution in [3.8, 4) is 0 Å². The quantitative estimate of drug-likeness (QED) is 0.607. The highest BCUT2D eigenvalue weighted by molar-refractivity contribution is 6.02. The summed E-state index contributed by atoms with van der Waals surface area (Å²) in [6.45, 7) is 5.96. The monoisotopic (exact) mass is 238 g/mol. The Kier molecular flexibility index (Phi) is 3.47. The number of nitrogens with zero attached hydrogens (tertiary/aromatic N) is 1. The first-order valence-electron chi connectivity index (χ1n) is 6.08. The van der Waals surface area contributed by atoms with Gasteiger partial charge in [0.05, 0.1) is 11.4 Å². The van der Waals surface area contributed by atoms with Crippen LogP contribution < -0.4 is 4.90 Å². The summed E-state index contributed by atoms with van der Waals surface area (Å²) in [5, 5.41) is 8.05. The first-order chi connectivity index (χ1) is 8.61. The van der Waals surface area contributed by atoms with Gasteiger partial charge in [0, 0.05) is 0 Å². The second-order valence-corrected chi connectivity index (χ2v) is 4.49. The molecule has 0 saturated heterocycles. The molecule has 0 atom stereocenters. The van der Waals surface area contributed by atoms with Crippen LogP contribution in [-0.4, -0.2) is 5.84 Å². The van der Waals surface area contributed by atoms with Gasteiger partial charge in [-0.15, -0.1) is 0 Å². The van der Waals surface area contributed by atoms with Crippen molar-refractivity contribution in [2.24, 2.45) is 0 Å². The number of rotatable bonds is 2. The summed E-state index contributed by atoms with van der Waals surface area (Å²) < 4.78 is 0. The van der Waals surface area contributed by atoms with Gasteiger partial charge in [0.15, 0.2) is 0 Å². The van der Waals surface area contributed by atoms with Crippen molar-refractivity contribution in [2.75, 3.05) is 4.90 Å². The van der Waals surface area contributed by atoms with Crippen molar-refractivity contribution in [1.82, 2.24) is 0 Å². The van der Waals surface area contributed by atoms with Crippen LogP contribution in [0.4, 0.5) is 11.4 Å². The summed E-state index contributed by atoms with van der Waals surface area (Å²) in [6, 6.07) is 16.3. The number of hydrogen-bond acceptors (Lipinski definition) is 1. The van der Waals surface area contributed by atoms with Gasteiger partial charge in [0.2, 0.25) is 0 Å². The second kappa shape index (κ2) is 5.05. The maximum Gasteiger partial charge on any atom is 0.102 e. The van der Waals surface area contributed by atoms with Gasteiger partial charge in [-0.3, -0.25) is 10.3 Å². The molecule has 2 aromatic rings. The summed E-state index contributed by atoms with van der Waals surface area (Å²) in [5.41, 5.74) is 4.48. The summed E-state index contributed by atoms with van der Waals surface area (Å²) in [6.07, 6.45) is 0. The molecule has 0 unspecified atom stereocenters. The summed E-state index contributed by atoms with van der Waals surface area (Å²) in [4.78, 5) is 1.99. The van der Waals surface area contributed by atoms with Gasteiger partial charge in [-0.05, 0) is 44.0 Å². The minimum Gasteiger partial charge on any atom is -0.299 e. The zero-order valence-corrected chi connectivity index (χ0v) is 11.1. The van der Waals surface area contributed by atoms with Crippen LogP contribution in [0.2, 0.25) is 0 Å². The highest BCUT2D eigenvalue weighted by Gasteiger charge is 2.14. The van der Waals surface area contributed by atoms with Crippen molar-refractivity contribution in [3.05, 3.63) is 59.7 Å². The van der Waals surface area contributed by atoms with E-state index in [1.807, 2.05) is 36.1 Å². The summed E-state index contributed by atoms with van der Waals surface area (Å²) in [7, 11) is 0. The Morgan fingerprint density at radius 2 is 1.22 bits per heavy atom. The van der Waals surface area contributed by atoms with Gasteiger partial charge in [-0.2, -0.15) is 0 Å². The van der Waals surface area contributed by atoms with Crippen LogP contribution in [0.1, 0.15) is 18.1 Å². The van der Waals surface area contributed by atoms with Crippen molar-refractivity contribution >= 4 is 17.2 Å². The van der Waals surface area contributed by atoms with E-state index in [9.17, 15) is 0 Å². The molecule has 0 saturated carbocycles. The molecule has 0 bridgehead atoms. The highest BCUT2D eigenvalue weighted by Crippen LogP contribution is 2.30. The van der Waals surface area contributed by atoms with Crippen LogP contribution in [0.3, 0.4) is 0 Å². The Bertz CT molecular complexity index is 527. The Morgan fingerprint density at radius 3 is 1.56 bits per heavy atom. The fourth-order valence-electron chi connectivity index (χ4n) is 2.12. The average Bonchev–Trinajstić information content (AvgIpc) is 2.34. The van der Waals surface area contributed by atoms with E-state index in [1.54, 1.807) is 0 Å². The number of nitrogens with one attached hydrogen (secondary N) is 1. The number of hydrogen-bond donors (Lipinski definition) is 1. The molecule has 2 rings (SSSR count). The van der Waals surface area contributed by atoms with Crippen molar-refractivity contribution in [2.45, 2.75) is 20.8 Å². The third-order valence-corrected chi connectivity index (χ3v) is 3.05. The Morgan fingerprint density at radius 1 is 0.833 bits per heavy atom. The smallest absolute Gasteiger partial charge is 0.102 e. The minimum atomic E-state index is 0.526. The van der Waals surface area contributed by atoms with E-state index >= 15 is 0 Å². The lowest BCUT2D eigenvalue weighted by Crippen LogP contribution is -2.23. The Labute approximate surface area is 108 Å². The van der Waals surface area contributed by atoms with E-state index in [-0.39, 0.29) is 0 Å². The highest BCUT2D eigenvalue weighted by atomic mass is 15.2. The maximum absolute atomic E-state index is 8.05. The molecule has 0 aliphatic rings. The molecule has 2 nitrogen and oxygen atoms in total. The molecular weight excluding hydrogens is 220 g/mol. The zero-order valence-electron chi connectivity index (χ0n) is 11.1. The molecule has 2 heteroatoms. The third kappa shape index (κ3) is 2.28. The van der Waals surface area contributed by atoms with Crippen LogP contribution in [-0.2, 0) is 0 Å². The molecule has 0 radical (unpaired) electrons. The van der Waals surface area contributed by atoms with Gasteiger partial charge >= 0.3 is 0 Å². The number of benzene rings is 2. The van der Waals surface area contributed by atoms with Crippen LogP contribution in [0.25, 0.3) is 0 Å². The molecule has 0 fully saturated rings. The number of aryl methyl sites for hydroxylation is 2. The number of para-hydroxylation sites is 2. The molecule has 0 heterocycles. The molecule has 18 heavy (non-hydrogen) atoms. The van der Waals surface area contributed by atoms with E-state index in [4.69, 9.17) is 5.41 Å². The van der Waals surface area contributed by atoms with Crippen LogP contribution >= 0.6 is 0 Å². The second-order valence-electron chi connectivity index (χ2n) is 4.49. The summed E-state index contributed by atoms with van der Waals surface area (Å²) in [5.74, 6) is 0.526. The summed E-state index contributed by atoms with van der Waals surface area (Å²) >= 11 is 0. The zero-order chi connectivity index (χ0) is 13.1. The molecule has 92 valence electrons. The van der Waals surface area contributed by atoms with Gasteiger partial charge in [-0.1, -0.05) is 36.4 Å². The number of anilines is 2. The molecule has 0 aromatic heterocycles. The van der Waals surface area contributed by atoms with Crippen LogP contribution in [0.5, 0.6) is 0 Å². The fourth-order valence-corrected chi connectivity index (χ4v) is 2.12. The van der Waals surface area contributed by atoms with Gasteiger partial charge < -0.3 is 0 Å². The largest absolute Gasteiger partial charge is 0.299 e. The van der Waals surface area contributed by atoms with Gasteiger partial charge in [0.25, 0.3) is 0 Å². The molecule has 0 spiro atoms. The molecule has 0 aliphatic heterocycles. The first-order valence-corrected chi connectivity index (χ1v) is 6.08. The fraction of sp³-hybridized carbons (Fsp3) is 0.188. The lowest BCUT2D eigenvalue weighted by atomic mass is 10.1. The van der Waals surface area contributed by atoms with E-state index < -0.39 is 0 Å². The SMILES string of the molecule is CC(=N)N(c1ccccc1C)c1ccccc1C. The molecular formula is C16H18N2. The Balaban J connectivity index is 2.58. The maximum atomic E-state index is 8.05. The van der Waals surface area contributed by atoms with Crippen LogP contribution in [0.15, 0.2) is 48.5 Å². The minimum absolute atomic E-state index is 0.526. The molecule has 0 amide bonds. The van der Waals surface area contributed by atoms with Crippen molar-refractivity contribution in [1.29, 1.82) is 5.41 Å². The Hall–Kier alpha value is -2.09. The van der Waals surface area contributed by atoms with E-state index in [0.29, 0.717) is 5.84 Å². The molecule has 0 aliphatic carbocycles. The average molecular weight is 238 g/mol. The van der Waals surface area contributed by atoms with Gasteiger partial charge in [0.1, 0.15) is 5.84 Å². The molecule has 2 aromatic carbocycles. The predicted octanol–water partition coefficient (Wildman–Crippen LogP) is 4.44. The first kappa shape index (κ1) is 12.4. The number of amidine groups is 1. The van der Waals surface area contributed by atoms with Crippen LogP contribution in [0, 0.1) is 19.3 Å². The topological polar surface area (TPSA) is 27.1 Å². The van der Waals surface area contributed by atoms with Gasteiger partial charge in [-0.25, -0.2) is 0 Å².